The Labute approximate surface area is 90.6 Å². The van der Waals surface area contributed by atoms with Crippen molar-refractivity contribution < 1.29 is 0 Å². The molecule has 0 spiro atoms. The molecule has 0 N–H and O–H groups in total. The van der Waals surface area contributed by atoms with Gasteiger partial charge in [0.1, 0.15) is 0 Å². The molecular formula is C11H16BrP. The summed E-state index contributed by atoms with van der Waals surface area (Å²) in [5.41, 5.74) is 1.47. The Bertz CT molecular complexity index is 256. The van der Waals surface area contributed by atoms with E-state index in [4.69, 9.17) is 0 Å². The Balaban J connectivity index is 2.67. The first kappa shape index (κ1) is 11.2. The highest BCUT2D eigenvalue weighted by Crippen LogP contribution is 2.40. The molecule has 1 rings (SSSR count). The molecule has 0 fully saturated rings. The van der Waals surface area contributed by atoms with Crippen LogP contribution < -0.4 is 0 Å². The summed E-state index contributed by atoms with van der Waals surface area (Å²) < 4.78 is 1.27. The summed E-state index contributed by atoms with van der Waals surface area (Å²) >= 11 is 3.59. The Hall–Kier alpha value is 0.130. The Morgan fingerprint density at radius 2 is 1.77 bits per heavy atom. The maximum Gasteiger partial charge on any atom is 0.0210 e. The first-order chi connectivity index (χ1) is 6.27. The highest BCUT2D eigenvalue weighted by molar-refractivity contribution is 9.10. The fraction of sp³-hybridized carbons (Fsp3) is 0.455. The predicted octanol–water partition coefficient (Wildman–Crippen LogP) is 4.47. The largest absolute Gasteiger partial charge is 0.103 e. The number of hydrogen-bond donors (Lipinski definition) is 0. The molecule has 0 radical (unpaired) electrons. The molecule has 72 valence electrons. The second-order valence-electron chi connectivity index (χ2n) is 3.05. The van der Waals surface area contributed by atoms with E-state index in [1.54, 1.807) is 0 Å². The van der Waals surface area contributed by atoms with Gasteiger partial charge in [0.15, 0.2) is 0 Å². The lowest BCUT2D eigenvalue weighted by molar-refractivity contribution is 1.30. The number of hydrogen-bond acceptors (Lipinski definition) is 0. The van der Waals surface area contributed by atoms with Gasteiger partial charge >= 0.3 is 0 Å². The van der Waals surface area contributed by atoms with Crippen LogP contribution >= 0.6 is 23.9 Å². The topological polar surface area (TPSA) is 0 Å². The highest BCUT2D eigenvalue weighted by Gasteiger charge is 2.05. The molecule has 0 amide bonds. The first-order valence-electron chi connectivity index (χ1n) is 4.73. The van der Waals surface area contributed by atoms with Gasteiger partial charge in [-0.3, -0.25) is 0 Å². The molecule has 1 aromatic carbocycles. The van der Waals surface area contributed by atoms with Crippen LogP contribution in [0.4, 0.5) is 0 Å². The second kappa shape index (κ2) is 5.78. The number of benzene rings is 1. The molecule has 0 saturated heterocycles. The van der Waals surface area contributed by atoms with Gasteiger partial charge in [0.2, 0.25) is 0 Å². The second-order valence-corrected chi connectivity index (χ2v) is 6.83. The van der Waals surface area contributed by atoms with Crippen molar-refractivity contribution in [2.45, 2.75) is 20.0 Å². The van der Waals surface area contributed by atoms with Crippen LogP contribution in [0, 0.1) is 0 Å². The van der Waals surface area contributed by atoms with Crippen molar-refractivity contribution in [3.05, 3.63) is 34.3 Å². The van der Waals surface area contributed by atoms with Gasteiger partial charge < -0.3 is 0 Å². The number of halogens is 1. The van der Waals surface area contributed by atoms with Crippen molar-refractivity contribution in [2.75, 3.05) is 12.3 Å². The zero-order valence-corrected chi connectivity index (χ0v) is 10.7. The van der Waals surface area contributed by atoms with Crippen LogP contribution in [0.1, 0.15) is 19.4 Å². The molecule has 0 heterocycles. The molecule has 0 unspecified atom stereocenters. The molecular weight excluding hydrogens is 243 g/mol. The third-order valence-corrected chi connectivity index (χ3v) is 5.60. The zero-order valence-electron chi connectivity index (χ0n) is 8.26. The van der Waals surface area contributed by atoms with E-state index in [1.807, 2.05) is 0 Å². The zero-order chi connectivity index (χ0) is 9.68. The first-order valence-corrected chi connectivity index (χ1v) is 7.42. The fourth-order valence-corrected chi connectivity index (χ4v) is 3.61. The van der Waals surface area contributed by atoms with Crippen molar-refractivity contribution in [1.82, 2.24) is 0 Å². The molecule has 0 bridgehead atoms. The van der Waals surface area contributed by atoms with E-state index in [9.17, 15) is 0 Å². The van der Waals surface area contributed by atoms with Crippen molar-refractivity contribution >= 4 is 23.9 Å². The normalized spacial score (nSPS) is 10.8. The molecule has 0 atom stereocenters. The molecule has 1 aromatic rings. The van der Waals surface area contributed by atoms with Crippen molar-refractivity contribution in [3.8, 4) is 0 Å². The van der Waals surface area contributed by atoms with Gasteiger partial charge in [0, 0.05) is 4.47 Å². The van der Waals surface area contributed by atoms with Crippen LogP contribution in [-0.2, 0) is 6.16 Å². The van der Waals surface area contributed by atoms with Gasteiger partial charge in [-0.05, 0) is 30.1 Å². The standard InChI is InChI=1S/C11H16BrP/c1-3-13(4-2)9-10-7-5-6-8-11(10)12/h5-8H,3-4,9H2,1-2H3. The van der Waals surface area contributed by atoms with Crippen LogP contribution in [0.15, 0.2) is 28.7 Å². The lowest BCUT2D eigenvalue weighted by atomic mass is 10.2. The van der Waals surface area contributed by atoms with Crippen LogP contribution in [-0.4, -0.2) is 12.3 Å². The smallest absolute Gasteiger partial charge is 0.0210 e. The van der Waals surface area contributed by atoms with E-state index >= 15 is 0 Å². The summed E-state index contributed by atoms with van der Waals surface area (Å²) in [4.78, 5) is 0. The third-order valence-electron chi connectivity index (χ3n) is 2.25. The Morgan fingerprint density at radius 1 is 1.15 bits per heavy atom. The fourth-order valence-electron chi connectivity index (χ4n) is 1.31. The minimum absolute atomic E-state index is 0.221. The number of rotatable bonds is 4. The van der Waals surface area contributed by atoms with Gasteiger partial charge in [0.05, 0.1) is 0 Å². The van der Waals surface area contributed by atoms with Gasteiger partial charge in [-0.25, -0.2) is 0 Å². The molecule has 0 saturated carbocycles. The van der Waals surface area contributed by atoms with E-state index in [2.05, 4.69) is 54.0 Å². The summed E-state index contributed by atoms with van der Waals surface area (Å²) in [6.07, 6.45) is 3.95. The summed E-state index contributed by atoms with van der Waals surface area (Å²) in [6, 6.07) is 8.56. The average Bonchev–Trinajstić information content (AvgIpc) is 2.17. The van der Waals surface area contributed by atoms with Crippen LogP contribution in [0.2, 0.25) is 0 Å². The Kier molecular flexibility index (Phi) is 4.98. The molecule has 2 heteroatoms. The molecule has 0 aliphatic rings. The van der Waals surface area contributed by atoms with E-state index in [-0.39, 0.29) is 7.92 Å². The van der Waals surface area contributed by atoms with E-state index in [0.29, 0.717) is 0 Å². The average molecular weight is 259 g/mol. The lowest BCUT2D eigenvalue weighted by Gasteiger charge is -2.13. The predicted molar refractivity (Wildman–Crippen MR) is 65.8 cm³/mol. The minimum atomic E-state index is 0.221. The SMILES string of the molecule is CCP(CC)Cc1ccccc1Br. The van der Waals surface area contributed by atoms with Gasteiger partial charge in [-0.15, -0.1) is 7.92 Å². The summed E-state index contributed by atoms with van der Waals surface area (Å²) in [5.74, 6) is 0. The van der Waals surface area contributed by atoms with Crippen molar-refractivity contribution in [2.24, 2.45) is 0 Å². The van der Waals surface area contributed by atoms with E-state index in [1.165, 1.54) is 28.5 Å². The summed E-state index contributed by atoms with van der Waals surface area (Å²) in [6.45, 7) is 4.60. The third kappa shape index (κ3) is 3.40. The van der Waals surface area contributed by atoms with Crippen LogP contribution in [0.5, 0.6) is 0 Å². The van der Waals surface area contributed by atoms with Crippen molar-refractivity contribution in [3.63, 3.8) is 0 Å². The maximum atomic E-state index is 3.59. The van der Waals surface area contributed by atoms with E-state index < -0.39 is 0 Å². The highest BCUT2D eigenvalue weighted by atomic mass is 79.9. The summed E-state index contributed by atoms with van der Waals surface area (Å²) in [7, 11) is 0.221. The van der Waals surface area contributed by atoms with Gasteiger partial charge in [-0.2, -0.15) is 0 Å². The van der Waals surface area contributed by atoms with Gasteiger partial charge in [-0.1, -0.05) is 48.0 Å². The lowest BCUT2D eigenvalue weighted by Crippen LogP contribution is -1.89. The molecule has 0 aliphatic heterocycles. The van der Waals surface area contributed by atoms with Crippen LogP contribution in [0.25, 0.3) is 0 Å². The molecule has 0 aromatic heterocycles. The molecule has 0 aliphatic carbocycles. The summed E-state index contributed by atoms with van der Waals surface area (Å²) in [5, 5.41) is 0. The van der Waals surface area contributed by atoms with Gasteiger partial charge in [0.25, 0.3) is 0 Å². The molecule has 0 nitrogen and oxygen atoms in total. The van der Waals surface area contributed by atoms with Crippen molar-refractivity contribution in [1.29, 1.82) is 0 Å². The maximum absolute atomic E-state index is 3.59. The minimum Gasteiger partial charge on any atom is -0.103 e. The van der Waals surface area contributed by atoms with Crippen LogP contribution in [0.3, 0.4) is 0 Å². The molecule has 13 heavy (non-hydrogen) atoms. The Morgan fingerprint density at radius 3 is 2.31 bits per heavy atom. The quantitative estimate of drug-likeness (QED) is 0.700. The monoisotopic (exact) mass is 258 g/mol. The van der Waals surface area contributed by atoms with E-state index in [0.717, 1.165) is 0 Å².